The molecule has 1 rings (SSSR count). The van der Waals surface area contributed by atoms with Crippen molar-refractivity contribution in [2.24, 2.45) is 0 Å². The number of likely N-dealkylation sites (tertiary alicyclic amines) is 1. The van der Waals surface area contributed by atoms with E-state index < -0.39 is 6.04 Å². The molecule has 1 aliphatic heterocycles. The smallest absolute Gasteiger partial charge is 0.373 e. The van der Waals surface area contributed by atoms with Gasteiger partial charge >= 0.3 is 31.1 Å². The number of nitrogens with one attached hydrogen (secondary N) is 1. The SMILES string of the molecule is [CH2-]C[C@H]1CC[C@@H](C)N1C(=O)[C@H]([CH2-])NC(=O)[C@H](C)N(C)C.[U+2]. The van der Waals surface area contributed by atoms with Gasteiger partial charge in [-0.1, -0.05) is 0 Å². The number of carbonyl (C=O) groups is 2. The van der Waals surface area contributed by atoms with Crippen LogP contribution in [0.4, 0.5) is 0 Å². The Morgan fingerprint density at radius 2 is 1.95 bits per heavy atom. The van der Waals surface area contributed by atoms with Crippen molar-refractivity contribution in [2.75, 3.05) is 14.1 Å². The number of hydrogen-bond acceptors (Lipinski definition) is 3. The van der Waals surface area contributed by atoms with Crippen LogP contribution in [-0.4, -0.2) is 59.9 Å². The van der Waals surface area contributed by atoms with Crippen molar-refractivity contribution in [3.05, 3.63) is 13.8 Å². The third kappa shape index (κ3) is 5.26. The minimum Gasteiger partial charge on any atom is -0.373 e. The minimum absolute atomic E-state index is 0. The van der Waals surface area contributed by atoms with Crippen LogP contribution in [0.15, 0.2) is 0 Å². The summed E-state index contributed by atoms with van der Waals surface area (Å²) >= 11 is 0. The molecule has 0 saturated carbocycles. The molecule has 0 radical (unpaired) electrons. The molecule has 0 aromatic heterocycles. The van der Waals surface area contributed by atoms with Gasteiger partial charge in [0.1, 0.15) is 0 Å². The van der Waals surface area contributed by atoms with Crippen molar-refractivity contribution in [2.45, 2.75) is 57.3 Å². The zero-order valence-electron chi connectivity index (χ0n) is 13.6. The van der Waals surface area contributed by atoms with E-state index in [1.807, 2.05) is 25.9 Å². The maximum absolute atomic E-state index is 12.5. The molecule has 4 atom stereocenters. The summed E-state index contributed by atoms with van der Waals surface area (Å²) in [5, 5.41) is 2.70. The largest absolute Gasteiger partial charge is 2.00 e. The molecule has 6 heteroatoms. The standard InChI is InChI=1S/C15H27N3O2.U/c1-7-13-9-8-10(2)18(13)15(20)11(3)16-14(19)12(4)17(5)6;/h10-13H,1,3,7-9H2,2,4-6H3,(H,16,19);/q-2;+2/t10-,11+,12+,13+;/m1./s1. The van der Waals surface area contributed by atoms with Crippen molar-refractivity contribution in [3.63, 3.8) is 0 Å². The Balaban J connectivity index is 0.00000400. The van der Waals surface area contributed by atoms with E-state index in [4.69, 9.17) is 0 Å². The van der Waals surface area contributed by atoms with Crippen molar-refractivity contribution in [1.82, 2.24) is 15.1 Å². The van der Waals surface area contributed by atoms with Crippen LogP contribution in [0, 0.1) is 45.0 Å². The fourth-order valence-corrected chi connectivity index (χ4v) is 2.52. The Morgan fingerprint density at radius 1 is 1.38 bits per heavy atom. The number of carbonyl (C=O) groups excluding carboxylic acids is 2. The van der Waals surface area contributed by atoms with Gasteiger partial charge in [0, 0.05) is 12.1 Å². The van der Waals surface area contributed by atoms with Crippen LogP contribution in [0.3, 0.4) is 0 Å². The molecule has 1 heterocycles. The van der Waals surface area contributed by atoms with E-state index >= 15 is 0 Å². The molecule has 0 aromatic rings. The molecule has 118 valence electrons. The zero-order valence-corrected chi connectivity index (χ0v) is 17.7. The van der Waals surface area contributed by atoms with Crippen molar-refractivity contribution >= 4 is 11.8 Å². The molecule has 1 N–H and O–H groups in total. The Labute approximate surface area is 152 Å². The van der Waals surface area contributed by atoms with E-state index in [1.165, 1.54) is 0 Å². The second-order valence-corrected chi connectivity index (χ2v) is 5.82. The van der Waals surface area contributed by atoms with E-state index in [2.05, 4.69) is 19.2 Å². The summed E-state index contributed by atoms with van der Waals surface area (Å²) in [6.07, 6.45) is 2.66. The fraction of sp³-hybridized carbons (Fsp3) is 0.733. The average Bonchev–Trinajstić information content (AvgIpc) is 2.77. The van der Waals surface area contributed by atoms with E-state index in [1.54, 1.807) is 11.8 Å². The molecule has 1 fully saturated rings. The fourth-order valence-electron chi connectivity index (χ4n) is 2.52. The van der Waals surface area contributed by atoms with E-state index in [-0.39, 0.29) is 61.1 Å². The average molecular weight is 519 g/mol. The molecule has 0 unspecified atom stereocenters. The summed E-state index contributed by atoms with van der Waals surface area (Å²) in [5.41, 5.74) is 0. The van der Waals surface area contributed by atoms with Gasteiger partial charge in [0.25, 0.3) is 0 Å². The molecule has 0 aromatic carbocycles. The van der Waals surface area contributed by atoms with Crippen LogP contribution in [0.1, 0.15) is 33.1 Å². The first kappa shape index (κ1) is 21.0. The van der Waals surface area contributed by atoms with E-state index in [0.29, 0.717) is 6.42 Å². The van der Waals surface area contributed by atoms with E-state index in [9.17, 15) is 9.59 Å². The summed E-state index contributed by atoms with van der Waals surface area (Å²) in [6, 6.07) is -0.655. The predicted molar refractivity (Wildman–Crippen MR) is 79.7 cm³/mol. The second kappa shape index (κ2) is 9.17. The van der Waals surface area contributed by atoms with Crippen LogP contribution in [0.25, 0.3) is 0 Å². The Kier molecular flexibility index (Phi) is 9.15. The Morgan fingerprint density at radius 3 is 2.43 bits per heavy atom. The van der Waals surface area contributed by atoms with Gasteiger partial charge in [-0.3, -0.25) is 14.5 Å². The van der Waals surface area contributed by atoms with Gasteiger partial charge in [-0.2, -0.15) is 6.42 Å². The Hall–Kier alpha value is -0.0481. The molecule has 0 aliphatic carbocycles. The molecular formula is C15H27N3O2U. The second-order valence-electron chi connectivity index (χ2n) is 5.82. The summed E-state index contributed by atoms with van der Waals surface area (Å²) in [4.78, 5) is 28.1. The van der Waals surface area contributed by atoms with Gasteiger partial charge in [0.05, 0.1) is 6.04 Å². The van der Waals surface area contributed by atoms with Crippen molar-refractivity contribution in [1.29, 1.82) is 0 Å². The maximum Gasteiger partial charge on any atom is 2.00 e. The molecule has 2 amide bonds. The number of hydrogen-bond donors (Lipinski definition) is 1. The van der Waals surface area contributed by atoms with Gasteiger partial charge in [0.15, 0.2) is 0 Å². The normalized spacial score (nSPS) is 24.4. The first-order valence-corrected chi connectivity index (χ1v) is 7.20. The van der Waals surface area contributed by atoms with E-state index in [0.717, 1.165) is 12.8 Å². The van der Waals surface area contributed by atoms with Crippen LogP contribution in [0.2, 0.25) is 0 Å². The molecule has 1 saturated heterocycles. The summed E-state index contributed by atoms with van der Waals surface area (Å²) in [7, 11) is 3.65. The molecule has 21 heavy (non-hydrogen) atoms. The minimum atomic E-state index is -0.737. The first-order valence-electron chi connectivity index (χ1n) is 7.20. The Bertz CT molecular complexity index is 363. The van der Waals surface area contributed by atoms with Gasteiger partial charge in [-0.25, -0.2) is 0 Å². The van der Waals surface area contributed by atoms with Gasteiger partial charge in [-0.05, 0) is 46.8 Å². The number of likely N-dealkylation sites (N-methyl/N-ethyl adjacent to an activating group) is 1. The van der Waals surface area contributed by atoms with Gasteiger partial charge in [0.2, 0.25) is 11.8 Å². The molecule has 0 spiro atoms. The van der Waals surface area contributed by atoms with Crippen LogP contribution >= 0.6 is 0 Å². The molecular weight excluding hydrogens is 492 g/mol. The monoisotopic (exact) mass is 519 g/mol. The quantitative estimate of drug-likeness (QED) is 0.549. The number of nitrogens with zero attached hydrogens (tertiary/aromatic N) is 2. The number of rotatable bonds is 5. The third-order valence-corrected chi connectivity index (χ3v) is 4.14. The summed E-state index contributed by atoms with van der Waals surface area (Å²) < 4.78 is 0. The van der Waals surface area contributed by atoms with Crippen molar-refractivity contribution in [3.8, 4) is 0 Å². The first-order chi connectivity index (χ1) is 9.29. The molecule has 0 bridgehead atoms. The summed E-state index contributed by atoms with van der Waals surface area (Å²) in [5.74, 6) is -0.288. The topological polar surface area (TPSA) is 52.7 Å². The predicted octanol–water partition coefficient (Wildman–Crippen LogP) is 0.859. The van der Waals surface area contributed by atoms with Crippen molar-refractivity contribution < 1.29 is 40.7 Å². The van der Waals surface area contributed by atoms with Crippen LogP contribution in [0.5, 0.6) is 0 Å². The maximum atomic E-state index is 12.5. The third-order valence-electron chi connectivity index (χ3n) is 4.14. The summed E-state index contributed by atoms with van der Waals surface area (Å²) in [6.45, 7) is 11.5. The zero-order chi connectivity index (χ0) is 15.4. The molecule has 5 nitrogen and oxygen atoms in total. The number of amides is 2. The van der Waals surface area contributed by atoms with Gasteiger partial charge < -0.3 is 24.1 Å². The van der Waals surface area contributed by atoms with Crippen LogP contribution in [-0.2, 0) is 9.59 Å². The van der Waals surface area contributed by atoms with Gasteiger partial charge in [-0.15, -0.1) is 0 Å². The van der Waals surface area contributed by atoms with Crippen LogP contribution < -0.4 is 5.32 Å². The molecule has 1 aliphatic rings.